The molecule has 7 heteroatoms. The van der Waals surface area contributed by atoms with Crippen LogP contribution in [0.5, 0.6) is 0 Å². The highest BCUT2D eigenvalue weighted by Crippen LogP contribution is 2.20. The second-order valence-corrected chi connectivity index (χ2v) is 4.49. The Labute approximate surface area is 124 Å². The standard InChI is InChI=1S/C15H10N2O5/c1-9-12(5-6-22-9)15(19)13(8-16)14(18)10-3-2-4-11(7-10)17(20)21/h2-7,13H,1H3. The van der Waals surface area contributed by atoms with Crippen molar-refractivity contribution in [3.63, 3.8) is 0 Å². The summed E-state index contributed by atoms with van der Waals surface area (Å²) in [6.45, 7) is 1.54. The number of Topliss-reactive ketones (excluding diaryl/α,β-unsaturated/α-hetero) is 2. The third-order valence-electron chi connectivity index (χ3n) is 3.12. The summed E-state index contributed by atoms with van der Waals surface area (Å²) in [5, 5.41) is 19.9. The fourth-order valence-electron chi connectivity index (χ4n) is 1.97. The molecule has 1 atom stereocenters. The van der Waals surface area contributed by atoms with Crippen LogP contribution in [0.2, 0.25) is 0 Å². The van der Waals surface area contributed by atoms with Crippen LogP contribution < -0.4 is 0 Å². The molecule has 22 heavy (non-hydrogen) atoms. The average molecular weight is 298 g/mol. The van der Waals surface area contributed by atoms with Gasteiger partial charge in [0.15, 0.2) is 17.5 Å². The Balaban J connectivity index is 2.36. The van der Waals surface area contributed by atoms with E-state index in [1.165, 1.54) is 30.5 Å². The summed E-state index contributed by atoms with van der Waals surface area (Å²) in [6.07, 6.45) is 1.29. The van der Waals surface area contributed by atoms with Crippen molar-refractivity contribution in [1.82, 2.24) is 0 Å². The van der Waals surface area contributed by atoms with Gasteiger partial charge in [0, 0.05) is 17.7 Å². The van der Waals surface area contributed by atoms with Crippen molar-refractivity contribution in [2.24, 2.45) is 5.92 Å². The quantitative estimate of drug-likeness (QED) is 0.363. The van der Waals surface area contributed by atoms with Crippen LogP contribution in [0.1, 0.15) is 26.5 Å². The highest BCUT2D eigenvalue weighted by molar-refractivity contribution is 6.18. The first-order valence-electron chi connectivity index (χ1n) is 6.22. The molecular formula is C15H10N2O5. The maximum Gasteiger partial charge on any atom is 0.270 e. The number of ketones is 2. The molecule has 0 saturated carbocycles. The molecule has 1 aromatic carbocycles. The van der Waals surface area contributed by atoms with Gasteiger partial charge in [-0.3, -0.25) is 19.7 Å². The smallest absolute Gasteiger partial charge is 0.270 e. The Morgan fingerprint density at radius 1 is 1.32 bits per heavy atom. The second-order valence-electron chi connectivity index (χ2n) is 4.49. The summed E-state index contributed by atoms with van der Waals surface area (Å²) < 4.78 is 4.99. The van der Waals surface area contributed by atoms with Crippen molar-refractivity contribution in [1.29, 1.82) is 5.26 Å². The van der Waals surface area contributed by atoms with Gasteiger partial charge in [-0.05, 0) is 13.0 Å². The Morgan fingerprint density at radius 2 is 2.05 bits per heavy atom. The van der Waals surface area contributed by atoms with Crippen LogP contribution in [0.15, 0.2) is 41.0 Å². The Kier molecular flexibility index (Phi) is 4.13. The minimum Gasteiger partial charge on any atom is -0.469 e. The van der Waals surface area contributed by atoms with E-state index in [0.29, 0.717) is 5.76 Å². The molecule has 0 aliphatic carbocycles. The summed E-state index contributed by atoms with van der Waals surface area (Å²) >= 11 is 0. The Bertz CT molecular complexity index is 800. The van der Waals surface area contributed by atoms with Crippen LogP contribution in [0.4, 0.5) is 5.69 Å². The number of furan rings is 1. The zero-order valence-corrected chi connectivity index (χ0v) is 11.5. The molecule has 1 aromatic heterocycles. The number of nitrogens with zero attached hydrogens (tertiary/aromatic N) is 2. The predicted octanol–water partition coefficient (Wildman–Crippen LogP) is 2.70. The molecule has 0 amide bonds. The van der Waals surface area contributed by atoms with Gasteiger partial charge >= 0.3 is 0 Å². The lowest BCUT2D eigenvalue weighted by Crippen LogP contribution is -2.23. The number of carbonyl (C=O) groups is 2. The first-order chi connectivity index (χ1) is 10.5. The topological polar surface area (TPSA) is 114 Å². The molecule has 110 valence electrons. The van der Waals surface area contributed by atoms with E-state index in [1.54, 1.807) is 13.0 Å². The lowest BCUT2D eigenvalue weighted by molar-refractivity contribution is -0.384. The fraction of sp³-hybridized carbons (Fsp3) is 0.133. The van der Waals surface area contributed by atoms with Gasteiger partial charge in [0.1, 0.15) is 5.76 Å². The molecule has 0 radical (unpaired) electrons. The number of non-ortho nitro benzene ring substituents is 1. The highest BCUT2D eigenvalue weighted by Gasteiger charge is 2.30. The molecule has 0 saturated heterocycles. The van der Waals surface area contributed by atoms with Crippen molar-refractivity contribution < 1.29 is 18.9 Å². The van der Waals surface area contributed by atoms with Gasteiger partial charge < -0.3 is 4.42 Å². The normalized spacial score (nSPS) is 11.5. The summed E-state index contributed by atoms with van der Waals surface area (Å²) in [7, 11) is 0. The van der Waals surface area contributed by atoms with E-state index >= 15 is 0 Å². The van der Waals surface area contributed by atoms with E-state index in [9.17, 15) is 19.7 Å². The van der Waals surface area contributed by atoms with Crippen molar-refractivity contribution in [3.8, 4) is 6.07 Å². The number of aryl methyl sites for hydroxylation is 1. The summed E-state index contributed by atoms with van der Waals surface area (Å²) in [4.78, 5) is 34.6. The van der Waals surface area contributed by atoms with Crippen LogP contribution in [-0.2, 0) is 0 Å². The highest BCUT2D eigenvalue weighted by atomic mass is 16.6. The molecule has 0 fully saturated rings. The number of nitriles is 1. The third-order valence-corrected chi connectivity index (χ3v) is 3.12. The van der Waals surface area contributed by atoms with Crippen LogP contribution in [-0.4, -0.2) is 16.5 Å². The summed E-state index contributed by atoms with van der Waals surface area (Å²) in [5.74, 6) is -2.74. The van der Waals surface area contributed by atoms with E-state index in [0.717, 1.165) is 6.07 Å². The van der Waals surface area contributed by atoms with Crippen LogP contribution in [0.3, 0.4) is 0 Å². The molecule has 1 unspecified atom stereocenters. The van der Waals surface area contributed by atoms with Crippen LogP contribution in [0.25, 0.3) is 0 Å². The van der Waals surface area contributed by atoms with Crippen molar-refractivity contribution in [2.75, 3.05) is 0 Å². The Hall–Kier alpha value is -3.27. The van der Waals surface area contributed by atoms with Gasteiger partial charge in [0.2, 0.25) is 0 Å². The van der Waals surface area contributed by atoms with Gasteiger partial charge in [0.05, 0.1) is 22.8 Å². The monoisotopic (exact) mass is 298 g/mol. The molecule has 2 rings (SSSR count). The average Bonchev–Trinajstić information content (AvgIpc) is 2.94. The van der Waals surface area contributed by atoms with Crippen molar-refractivity contribution in [2.45, 2.75) is 6.92 Å². The maximum atomic E-state index is 12.3. The molecular weight excluding hydrogens is 288 g/mol. The first kappa shape index (κ1) is 15.1. The van der Waals surface area contributed by atoms with Gasteiger partial charge in [-0.15, -0.1) is 0 Å². The lowest BCUT2D eigenvalue weighted by Gasteiger charge is -2.06. The van der Waals surface area contributed by atoms with E-state index in [1.807, 2.05) is 0 Å². The third kappa shape index (κ3) is 2.76. The molecule has 7 nitrogen and oxygen atoms in total. The number of hydrogen-bond donors (Lipinski definition) is 0. The molecule has 0 aliphatic rings. The first-order valence-corrected chi connectivity index (χ1v) is 6.22. The summed E-state index contributed by atoms with van der Waals surface area (Å²) in [6, 6.07) is 7.95. The number of carbonyl (C=O) groups excluding carboxylic acids is 2. The largest absolute Gasteiger partial charge is 0.469 e. The maximum absolute atomic E-state index is 12.3. The number of benzene rings is 1. The van der Waals surface area contributed by atoms with Gasteiger partial charge in [-0.2, -0.15) is 5.26 Å². The number of rotatable bonds is 5. The predicted molar refractivity (Wildman–Crippen MR) is 74.3 cm³/mol. The van der Waals surface area contributed by atoms with Crippen LogP contribution in [0, 0.1) is 34.3 Å². The van der Waals surface area contributed by atoms with Gasteiger partial charge in [-0.1, -0.05) is 12.1 Å². The Morgan fingerprint density at radius 3 is 2.59 bits per heavy atom. The van der Waals surface area contributed by atoms with Crippen LogP contribution >= 0.6 is 0 Å². The molecule has 0 spiro atoms. The number of hydrogen-bond acceptors (Lipinski definition) is 6. The zero-order chi connectivity index (χ0) is 16.3. The van der Waals surface area contributed by atoms with Gasteiger partial charge in [0.25, 0.3) is 5.69 Å². The molecule has 2 aromatic rings. The number of nitro benzene ring substituents is 1. The molecule has 0 aliphatic heterocycles. The van der Waals surface area contributed by atoms with Crippen molar-refractivity contribution >= 4 is 17.3 Å². The van der Waals surface area contributed by atoms with E-state index in [2.05, 4.69) is 0 Å². The fourth-order valence-corrected chi connectivity index (χ4v) is 1.97. The van der Waals surface area contributed by atoms with E-state index < -0.39 is 22.4 Å². The zero-order valence-electron chi connectivity index (χ0n) is 11.5. The van der Waals surface area contributed by atoms with E-state index in [4.69, 9.17) is 9.68 Å². The molecule has 1 heterocycles. The molecule has 0 N–H and O–H groups in total. The minimum atomic E-state index is -1.57. The van der Waals surface area contributed by atoms with Crippen molar-refractivity contribution in [3.05, 3.63) is 63.6 Å². The lowest BCUT2D eigenvalue weighted by atomic mass is 9.91. The minimum absolute atomic E-state index is 0.0600. The second kappa shape index (κ2) is 6.01. The van der Waals surface area contributed by atoms with Gasteiger partial charge in [-0.25, -0.2) is 0 Å². The summed E-state index contributed by atoms with van der Waals surface area (Å²) in [5.41, 5.74) is -0.199. The SMILES string of the molecule is Cc1occc1C(=O)C(C#N)C(=O)c1cccc([N+](=O)[O-])c1. The van der Waals surface area contributed by atoms with E-state index in [-0.39, 0.29) is 16.8 Å². The number of nitro groups is 1. The molecule has 0 bridgehead atoms.